The highest BCUT2D eigenvalue weighted by molar-refractivity contribution is 6.37. The molecule has 0 aromatic heterocycles. The predicted molar refractivity (Wildman–Crippen MR) is 75.9 cm³/mol. The van der Waals surface area contributed by atoms with E-state index in [1.165, 1.54) is 0 Å². The van der Waals surface area contributed by atoms with Crippen LogP contribution >= 0.6 is 23.2 Å². The van der Waals surface area contributed by atoms with Crippen LogP contribution in [0.2, 0.25) is 10.0 Å². The van der Waals surface area contributed by atoms with E-state index >= 15 is 0 Å². The van der Waals surface area contributed by atoms with Gasteiger partial charge < -0.3 is 10.4 Å². The van der Waals surface area contributed by atoms with Gasteiger partial charge in [0.05, 0.1) is 16.7 Å². The summed E-state index contributed by atoms with van der Waals surface area (Å²) < 4.78 is 12.8. The average molecular weight is 307 g/mol. The molecule has 1 aliphatic heterocycles. The molecule has 2 rings (SSSR count). The average Bonchev–Trinajstić information content (AvgIpc) is 2.42. The number of nitrogens with zero attached hydrogens (tertiary/aromatic N) is 1. The number of piperazine rings is 1. The molecular weight excluding hydrogens is 290 g/mol. The summed E-state index contributed by atoms with van der Waals surface area (Å²) in [5, 5.41) is 13.3. The van der Waals surface area contributed by atoms with E-state index in [-0.39, 0.29) is 21.8 Å². The fourth-order valence-corrected chi connectivity index (χ4v) is 2.94. The highest BCUT2D eigenvalue weighted by Crippen LogP contribution is 2.37. The number of rotatable bonds is 4. The van der Waals surface area contributed by atoms with Crippen molar-refractivity contribution in [1.29, 1.82) is 0 Å². The third kappa shape index (κ3) is 3.51. The Labute approximate surface area is 122 Å². The summed E-state index contributed by atoms with van der Waals surface area (Å²) in [7, 11) is 0. The van der Waals surface area contributed by atoms with Crippen molar-refractivity contribution in [3.63, 3.8) is 0 Å². The van der Waals surface area contributed by atoms with Crippen LogP contribution in [0.15, 0.2) is 12.1 Å². The van der Waals surface area contributed by atoms with E-state index in [2.05, 4.69) is 10.2 Å². The number of hydrogen-bond donors (Lipinski definition) is 2. The lowest BCUT2D eigenvalue weighted by Crippen LogP contribution is -2.45. The van der Waals surface area contributed by atoms with Crippen molar-refractivity contribution in [1.82, 2.24) is 10.2 Å². The predicted octanol–water partition coefficient (Wildman–Crippen LogP) is 3.00. The van der Waals surface area contributed by atoms with Crippen molar-refractivity contribution >= 4 is 23.2 Å². The Morgan fingerprint density at radius 2 is 1.84 bits per heavy atom. The van der Waals surface area contributed by atoms with Gasteiger partial charge in [-0.3, -0.25) is 9.29 Å². The van der Waals surface area contributed by atoms with Gasteiger partial charge in [-0.2, -0.15) is 0 Å². The molecule has 0 spiro atoms. The number of phenols is 1. The second kappa shape index (κ2) is 6.75. The van der Waals surface area contributed by atoms with Crippen LogP contribution in [0.4, 0.5) is 4.39 Å². The SMILES string of the molecule is Oc1c(Cl)cc([C@@H](CCF)N2CCNCC2)cc1Cl. The van der Waals surface area contributed by atoms with Gasteiger partial charge in [0.2, 0.25) is 0 Å². The Bertz CT molecular complexity index is 416. The first kappa shape index (κ1) is 14.9. The minimum atomic E-state index is -0.398. The molecule has 0 amide bonds. The maximum absolute atomic E-state index is 12.8. The summed E-state index contributed by atoms with van der Waals surface area (Å²) in [6.07, 6.45) is 0.400. The summed E-state index contributed by atoms with van der Waals surface area (Å²) >= 11 is 11.9. The van der Waals surface area contributed by atoms with Gasteiger partial charge in [0, 0.05) is 32.2 Å². The number of nitrogens with one attached hydrogen (secondary N) is 1. The number of halogens is 3. The third-order valence-electron chi connectivity index (χ3n) is 3.40. The molecule has 1 aromatic rings. The van der Waals surface area contributed by atoms with E-state index in [9.17, 15) is 9.50 Å². The normalized spacial score (nSPS) is 18.5. The lowest BCUT2D eigenvalue weighted by molar-refractivity contribution is 0.157. The Balaban J connectivity index is 2.27. The van der Waals surface area contributed by atoms with E-state index in [4.69, 9.17) is 23.2 Å². The van der Waals surface area contributed by atoms with Crippen molar-refractivity contribution in [2.24, 2.45) is 0 Å². The molecule has 3 nitrogen and oxygen atoms in total. The molecule has 0 bridgehead atoms. The number of alkyl halides is 1. The van der Waals surface area contributed by atoms with Gasteiger partial charge in [-0.15, -0.1) is 0 Å². The quantitative estimate of drug-likeness (QED) is 0.897. The Morgan fingerprint density at radius 3 is 2.37 bits per heavy atom. The van der Waals surface area contributed by atoms with E-state index < -0.39 is 6.67 Å². The highest BCUT2D eigenvalue weighted by atomic mass is 35.5. The minimum absolute atomic E-state index is 0.0531. The van der Waals surface area contributed by atoms with Gasteiger partial charge in [0.25, 0.3) is 0 Å². The number of benzene rings is 1. The Hall–Kier alpha value is -0.550. The molecular formula is C13H17Cl2FN2O. The molecule has 106 valence electrons. The first-order valence-corrected chi connectivity index (χ1v) is 7.07. The monoisotopic (exact) mass is 306 g/mol. The number of hydrogen-bond acceptors (Lipinski definition) is 3. The molecule has 6 heteroatoms. The van der Waals surface area contributed by atoms with E-state index in [1.807, 2.05) is 0 Å². The van der Waals surface area contributed by atoms with E-state index in [0.717, 1.165) is 31.7 Å². The molecule has 2 N–H and O–H groups in total. The third-order valence-corrected chi connectivity index (χ3v) is 3.98. The topological polar surface area (TPSA) is 35.5 Å². The lowest BCUT2D eigenvalue weighted by atomic mass is 10.0. The van der Waals surface area contributed by atoms with Crippen LogP contribution < -0.4 is 5.32 Å². The van der Waals surface area contributed by atoms with Crippen molar-refractivity contribution in [2.45, 2.75) is 12.5 Å². The van der Waals surface area contributed by atoms with Crippen LogP contribution in [0, 0.1) is 0 Å². The second-order valence-electron chi connectivity index (χ2n) is 4.61. The first-order chi connectivity index (χ1) is 9.13. The molecule has 1 aromatic carbocycles. The van der Waals surface area contributed by atoms with Crippen LogP contribution in [0.3, 0.4) is 0 Å². The Kier molecular flexibility index (Phi) is 5.28. The van der Waals surface area contributed by atoms with Crippen molar-refractivity contribution in [3.05, 3.63) is 27.7 Å². The molecule has 1 heterocycles. The van der Waals surface area contributed by atoms with Gasteiger partial charge in [0.15, 0.2) is 5.75 Å². The van der Waals surface area contributed by atoms with Crippen LogP contribution in [-0.4, -0.2) is 42.9 Å². The fourth-order valence-electron chi connectivity index (χ4n) is 2.43. The van der Waals surface area contributed by atoms with Gasteiger partial charge >= 0.3 is 0 Å². The molecule has 1 aliphatic rings. The molecule has 1 fully saturated rings. The summed E-state index contributed by atoms with van der Waals surface area (Å²) in [5.41, 5.74) is 0.854. The smallest absolute Gasteiger partial charge is 0.152 e. The first-order valence-electron chi connectivity index (χ1n) is 6.32. The zero-order valence-electron chi connectivity index (χ0n) is 10.5. The number of aromatic hydroxyl groups is 1. The maximum Gasteiger partial charge on any atom is 0.152 e. The molecule has 0 radical (unpaired) electrons. The second-order valence-corrected chi connectivity index (χ2v) is 5.43. The molecule has 0 unspecified atom stereocenters. The van der Waals surface area contributed by atoms with Crippen molar-refractivity contribution in [2.75, 3.05) is 32.9 Å². The van der Waals surface area contributed by atoms with Crippen LogP contribution in [0.25, 0.3) is 0 Å². The zero-order chi connectivity index (χ0) is 13.8. The summed E-state index contributed by atoms with van der Waals surface area (Å²) in [6.45, 7) is 3.11. The standard InChI is InChI=1S/C13H17Cl2FN2O/c14-10-7-9(8-11(15)13(10)19)12(1-2-16)18-5-3-17-4-6-18/h7-8,12,17,19H,1-6H2/t12-/m1/s1. The molecule has 1 atom stereocenters. The fraction of sp³-hybridized carbons (Fsp3) is 0.538. The van der Waals surface area contributed by atoms with Crippen LogP contribution in [-0.2, 0) is 0 Å². The van der Waals surface area contributed by atoms with E-state index in [1.54, 1.807) is 12.1 Å². The summed E-state index contributed by atoms with van der Waals surface area (Å²) in [5.74, 6) is -0.119. The number of phenolic OH excluding ortho intramolecular Hbond substituents is 1. The summed E-state index contributed by atoms with van der Waals surface area (Å²) in [4.78, 5) is 2.22. The molecule has 0 saturated carbocycles. The van der Waals surface area contributed by atoms with E-state index in [0.29, 0.717) is 6.42 Å². The van der Waals surface area contributed by atoms with Gasteiger partial charge in [-0.05, 0) is 24.1 Å². The van der Waals surface area contributed by atoms with Crippen molar-refractivity contribution in [3.8, 4) is 5.75 Å². The Morgan fingerprint density at radius 1 is 1.26 bits per heavy atom. The van der Waals surface area contributed by atoms with Crippen LogP contribution in [0.5, 0.6) is 5.75 Å². The maximum atomic E-state index is 12.8. The van der Waals surface area contributed by atoms with Gasteiger partial charge in [-0.1, -0.05) is 23.2 Å². The van der Waals surface area contributed by atoms with Gasteiger partial charge in [0.1, 0.15) is 0 Å². The summed E-state index contributed by atoms with van der Waals surface area (Å²) in [6, 6.07) is 3.29. The lowest BCUT2D eigenvalue weighted by Gasteiger charge is -2.35. The highest BCUT2D eigenvalue weighted by Gasteiger charge is 2.23. The largest absolute Gasteiger partial charge is 0.505 e. The van der Waals surface area contributed by atoms with Crippen LogP contribution in [0.1, 0.15) is 18.0 Å². The zero-order valence-corrected chi connectivity index (χ0v) is 12.0. The molecule has 19 heavy (non-hydrogen) atoms. The minimum Gasteiger partial charge on any atom is -0.505 e. The molecule has 1 saturated heterocycles. The molecule has 0 aliphatic carbocycles. The van der Waals surface area contributed by atoms with Gasteiger partial charge in [-0.25, -0.2) is 0 Å². The van der Waals surface area contributed by atoms with Crippen molar-refractivity contribution < 1.29 is 9.50 Å².